The molecular weight excluding hydrogens is 372 g/mol. The predicted octanol–water partition coefficient (Wildman–Crippen LogP) is 1.79. The van der Waals surface area contributed by atoms with Crippen LogP contribution in [0.2, 0.25) is 0 Å². The Balaban J connectivity index is 1.55. The molecule has 1 aliphatic rings. The summed E-state index contributed by atoms with van der Waals surface area (Å²) in [5.41, 5.74) is 1.44. The number of benzene rings is 1. The minimum Gasteiger partial charge on any atom is -0.356 e. The number of nitrogens with one attached hydrogen (secondary N) is 1. The number of hydrogen-bond donors (Lipinski definition) is 1. The molecule has 1 aromatic carbocycles. The molecule has 1 aliphatic heterocycles. The molecule has 2 heterocycles. The van der Waals surface area contributed by atoms with Crippen LogP contribution in [0, 0.1) is 0 Å². The Morgan fingerprint density at radius 3 is 2.85 bits per heavy atom. The zero-order valence-corrected chi connectivity index (χ0v) is 16.0. The van der Waals surface area contributed by atoms with Crippen molar-refractivity contribution < 1.29 is 18.0 Å². The van der Waals surface area contributed by atoms with Crippen LogP contribution in [0.4, 0.5) is 5.69 Å². The fourth-order valence-electron chi connectivity index (χ4n) is 2.85. The molecule has 6 nitrogen and oxygen atoms in total. The minimum atomic E-state index is -3.57. The van der Waals surface area contributed by atoms with Crippen molar-refractivity contribution in [3.8, 4) is 0 Å². The monoisotopic (exact) mass is 392 g/mol. The number of amides is 2. The molecule has 0 fully saturated rings. The second kappa shape index (κ2) is 7.59. The summed E-state index contributed by atoms with van der Waals surface area (Å²) in [5, 5.41) is 4.73. The van der Waals surface area contributed by atoms with Crippen LogP contribution in [-0.4, -0.2) is 39.6 Å². The molecule has 2 aromatic rings. The van der Waals surface area contributed by atoms with E-state index in [0.29, 0.717) is 12.1 Å². The highest BCUT2D eigenvalue weighted by molar-refractivity contribution is 7.91. The van der Waals surface area contributed by atoms with Gasteiger partial charge in [0, 0.05) is 30.6 Å². The lowest BCUT2D eigenvalue weighted by Crippen LogP contribution is -2.27. The van der Waals surface area contributed by atoms with E-state index in [1.54, 1.807) is 30.5 Å². The summed E-state index contributed by atoms with van der Waals surface area (Å²) in [6.07, 6.45) is 0.865. The lowest BCUT2D eigenvalue weighted by Gasteiger charge is -2.11. The molecule has 2 amide bonds. The number of rotatable bonds is 7. The molecule has 0 radical (unpaired) electrons. The van der Waals surface area contributed by atoms with Gasteiger partial charge in [-0.1, -0.05) is 6.07 Å². The van der Waals surface area contributed by atoms with Gasteiger partial charge in [-0.15, -0.1) is 11.3 Å². The van der Waals surface area contributed by atoms with Crippen molar-refractivity contribution in [3.05, 3.63) is 46.2 Å². The first-order valence-corrected chi connectivity index (χ1v) is 10.8. The molecule has 26 heavy (non-hydrogen) atoms. The van der Waals surface area contributed by atoms with Gasteiger partial charge in [-0.25, -0.2) is 8.42 Å². The normalized spacial score (nSPS) is 13.7. The second-order valence-corrected chi connectivity index (χ2v) is 9.31. The molecule has 0 unspecified atom stereocenters. The van der Waals surface area contributed by atoms with Crippen LogP contribution in [0.5, 0.6) is 0 Å². The van der Waals surface area contributed by atoms with E-state index in [-0.39, 0.29) is 35.3 Å². The Kier molecular flexibility index (Phi) is 5.43. The standard InChI is InChI=1S/C18H20N2O4S2/c1-20-16-5-4-15(11-13(16)12-18(20)22)26(23,24)10-7-17(21)19-8-6-14-3-2-9-25-14/h2-5,9,11H,6-8,10,12H2,1H3,(H,19,21). The van der Waals surface area contributed by atoms with Crippen LogP contribution < -0.4 is 10.2 Å². The zero-order chi connectivity index (χ0) is 18.7. The Morgan fingerprint density at radius 1 is 1.31 bits per heavy atom. The van der Waals surface area contributed by atoms with Crippen LogP contribution in [0.15, 0.2) is 40.6 Å². The van der Waals surface area contributed by atoms with E-state index in [4.69, 9.17) is 0 Å². The lowest BCUT2D eigenvalue weighted by atomic mass is 10.2. The fraction of sp³-hybridized carbons (Fsp3) is 0.333. The van der Waals surface area contributed by atoms with E-state index < -0.39 is 9.84 Å². The van der Waals surface area contributed by atoms with Gasteiger partial charge in [-0.3, -0.25) is 9.59 Å². The molecule has 138 valence electrons. The zero-order valence-electron chi connectivity index (χ0n) is 14.4. The Hall–Kier alpha value is -2.19. The minimum absolute atomic E-state index is 0.0559. The van der Waals surface area contributed by atoms with Gasteiger partial charge in [0.25, 0.3) is 0 Å². The Morgan fingerprint density at radius 2 is 2.12 bits per heavy atom. The van der Waals surface area contributed by atoms with Crippen LogP contribution in [0.25, 0.3) is 0 Å². The maximum absolute atomic E-state index is 12.5. The van der Waals surface area contributed by atoms with Gasteiger partial charge >= 0.3 is 0 Å². The van der Waals surface area contributed by atoms with Crippen molar-refractivity contribution in [2.45, 2.75) is 24.2 Å². The van der Waals surface area contributed by atoms with Gasteiger partial charge in [-0.2, -0.15) is 0 Å². The van der Waals surface area contributed by atoms with Gasteiger partial charge in [-0.05, 0) is 41.6 Å². The first-order chi connectivity index (χ1) is 12.4. The number of carbonyl (C=O) groups excluding carboxylic acids is 2. The maximum Gasteiger partial charge on any atom is 0.231 e. The summed E-state index contributed by atoms with van der Waals surface area (Å²) in [4.78, 5) is 26.5. The van der Waals surface area contributed by atoms with Crippen LogP contribution >= 0.6 is 11.3 Å². The topological polar surface area (TPSA) is 83.6 Å². The average molecular weight is 393 g/mol. The quantitative estimate of drug-likeness (QED) is 0.779. The SMILES string of the molecule is CN1C(=O)Cc2cc(S(=O)(=O)CCC(=O)NCCc3cccs3)ccc21. The molecule has 1 aromatic heterocycles. The third-order valence-corrected chi connectivity index (χ3v) is 7.01. The average Bonchev–Trinajstić information content (AvgIpc) is 3.22. The molecule has 3 rings (SSSR count). The predicted molar refractivity (Wildman–Crippen MR) is 101 cm³/mol. The van der Waals surface area contributed by atoms with Gasteiger partial charge < -0.3 is 10.2 Å². The summed E-state index contributed by atoms with van der Waals surface area (Å²) in [7, 11) is -1.90. The third-order valence-electron chi connectivity index (χ3n) is 4.36. The summed E-state index contributed by atoms with van der Waals surface area (Å²) in [6.45, 7) is 0.493. The van der Waals surface area contributed by atoms with E-state index in [9.17, 15) is 18.0 Å². The lowest BCUT2D eigenvalue weighted by molar-refractivity contribution is -0.120. The number of hydrogen-bond acceptors (Lipinski definition) is 5. The van der Waals surface area contributed by atoms with E-state index in [0.717, 1.165) is 12.1 Å². The largest absolute Gasteiger partial charge is 0.356 e. The van der Waals surface area contributed by atoms with Crippen molar-refractivity contribution in [1.29, 1.82) is 0 Å². The Bertz CT molecular complexity index is 921. The summed E-state index contributed by atoms with van der Waals surface area (Å²) < 4.78 is 25.0. The molecule has 0 aliphatic carbocycles. The van der Waals surface area contributed by atoms with Crippen LogP contribution in [0.1, 0.15) is 16.9 Å². The van der Waals surface area contributed by atoms with Crippen molar-refractivity contribution in [2.75, 3.05) is 24.2 Å². The van der Waals surface area contributed by atoms with E-state index in [2.05, 4.69) is 5.32 Å². The number of thiophene rings is 1. The molecule has 0 spiro atoms. The van der Waals surface area contributed by atoms with Gasteiger partial charge in [0.2, 0.25) is 11.8 Å². The maximum atomic E-state index is 12.5. The summed E-state index contributed by atoms with van der Waals surface area (Å²) in [5.74, 6) is -0.582. The molecule has 8 heteroatoms. The molecule has 0 atom stereocenters. The number of nitrogens with zero attached hydrogens (tertiary/aromatic N) is 1. The van der Waals surface area contributed by atoms with E-state index in [1.807, 2.05) is 17.5 Å². The number of anilines is 1. The van der Waals surface area contributed by atoms with E-state index in [1.165, 1.54) is 15.8 Å². The Labute approximate surface area is 156 Å². The van der Waals surface area contributed by atoms with Gasteiger partial charge in [0.1, 0.15) is 0 Å². The molecule has 1 N–H and O–H groups in total. The van der Waals surface area contributed by atoms with E-state index >= 15 is 0 Å². The molecule has 0 saturated heterocycles. The summed E-state index contributed by atoms with van der Waals surface area (Å²) in [6, 6.07) is 8.64. The number of fused-ring (bicyclic) bond motifs is 1. The molecule has 0 bridgehead atoms. The summed E-state index contributed by atoms with van der Waals surface area (Å²) >= 11 is 1.62. The van der Waals surface area contributed by atoms with Crippen molar-refractivity contribution in [2.24, 2.45) is 0 Å². The number of likely N-dealkylation sites (N-methyl/N-ethyl adjacent to an activating group) is 1. The second-order valence-electron chi connectivity index (χ2n) is 6.17. The van der Waals surface area contributed by atoms with Crippen molar-refractivity contribution >= 4 is 38.7 Å². The number of carbonyl (C=O) groups is 2. The highest BCUT2D eigenvalue weighted by Gasteiger charge is 2.26. The smallest absolute Gasteiger partial charge is 0.231 e. The van der Waals surface area contributed by atoms with Gasteiger partial charge in [0.05, 0.1) is 17.1 Å². The highest BCUT2D eigenvalue weighted by atomic mass is 32.2. The molecule has 0 saturated carbocycles. The first kappa shape index (κ1) is 18.6. The first-order valence-electron chi connectivity index (χ1n) is 8.28. The van der Waals surface area contributed by atoms with Crippen molar-refractivity contribution in [3.63, 3.8) is 0 Å². The van der Waals surface area contributed by atoms with Gasteiger partial charge in [0.15, 0.2) is 9.84 Å². The highest BCUT2D eigenvalue weighted by Crippen LogP contribution is 2.30. The van der Waals surface area contributed by atoms with Crippen LogP contribution in [0.3, 0.4) is 0 Å². The number of sulfone groups is 1. The fourth-order valence-corrected chi connectivity index (χ4v) is 4.85. The van der Waals surface area contributed by atoms with Crippen LogP contribution in [-0.2, 0) is 32.3 Å². The molecular formula is C18H20N2O4S2. The van der Waals surface area contributed by atoms with Crippen molar-refractivity contribution in [1.82, 2.24) is 5.32 Å². The third kappa shape index (κ3) is 4.13.